The van der Waals surface area contributed by atoms with E-state index in [0.717, 1.165) is 11.6 Å². The molecule has 3 N–H and O–H groups in total. The fourth-order valence-corrected chi connectivity index (χ4v) is 3.02. The molecule has 0 spiro atoms. The van der Waals surface area contributed by atoms with Crippen LogP contribution in [0.4, 0.5) is 11.4 Å². The number of benzene rings is 1. The average Bonchev–Trinajstić information content (AvgIpc) is 2.49. The van der Waals surface area contributed by atoms with Gasteiger partial charge in [0.15, 0.2) is 0 Å². The molecule has 0 aromatic heterocycles. The van der Waals surface area contributed by atoms with E-state index in [-0.39, 0.29) is 5.91 Å². The summed E-state index contributed by atoms with van der Waals surface area (Å²) in [4.78, 5) is 13.5. The van der Waals surface area contributed by atoms with Crippen LogP contribution in [0.1, 0.15) is 49.4 Å². The molecule has 0 heterocycles. The molecule has 0 radical (unpaired) electrons. The maximum absolute atomic E-state index is 11.9. The van der Waals surface area contributed by atoms with Crippen LogP contribution in [-0.2, 0) is 0 Å². The van der Waals surface area contributed by atoms with E-state index in [1.165, 1.54) is 32.1 Å². The average molecular weight is 289 g/mol. The van der Waals surface area contributed by atoms with Crippen molar-refractivity contribution >= 4 is 17.3 Å². The highest BCUT2D eigenvalue weighted by Crippen LogP contribution is 2.30. The van der Waals surface area contributed by atoms with Crippen molar-refractivity contribution in [3.63, 3.8) is 0 Å². The molecule has 1 aliphatic rings. The molecule has 1 aromatic rings. The zero-order valence-corrected chi connectivity index (χ0v) is 13.4. The summed E-state index contributed by atoms with van der Waals surface area (Å²) in [5.74, 6) is 0.872. The van der Waals surface area contributed by atoms with Crippen molar-refractivity contribution in [2.24, 2.45) is 5.92 Å². The summed E-state index contributed by atoms with van der Waals surface area (Å²) in [6.07, 6.45) is 6.29. The van der Waals surface area contributed by atoms with Gasteiger partial charge in [0.1, 0.15) is 0 Å². The summed E-state index contributed by atoms with van der Waals surface area (Å²) in [5.41, 5.74) is 8.34. The number of hydrogen-bond acceptors (Lipinski definition) is 3. The third-order valence-electron chi connectivity index (χ3n) is 4.49. The van der Waals surface area contributed by atoms with Crippen molar-refractivity contribution in [2.75, 3.05) is 25.1 Å². The van der Waals surface area contributed by atoms with E-state index in [2.05, 4.69) is 12.2 Å². The molecule has 116 valence electrons. The number of hydrogen-bond donors (Lipinski definition) is 2. The minimum absolute atomic E-state index is 0.0169. The molecule has 1 saturated carbocycles. The lowest BCUT2D eigenvalue weighted by atomic mass is 9.84. The summed E-state index contributed by atoms with van der Waals surface area (Å²) >= 11 is 0. The lowest BCUT2D eigenvalue weighted by molar-refractivity contribution is 0.0827. The van der Waals surface area contributed by atoms with Crippen LogP contribution in [0.5, 0.6) is 0 Å². The van der Waals surface area contributed by atoms with Gasteiger partial charge in [-0.2, -0.15) is 0 Å². The van der Waals surface area contributed by atoms with Gasteiger partial charge in [-0.3, -0.25) is 4.79 Å². The molecule has 0 saturated heterocycles. The highest BCUT2D eigenvalue weighted by Gasteiger charge is 2.20. The normalized spacial score (nSPS) is 21.9. The number of nitrogen functional groups attached to an aromatic ring is 1. The monoisotopic (exact) mass is 289 g/mol. The third kappa shape index (κ3) is 3.90. The molecule has 21 heavy (non-hydrogen) atoms. The van der Waals surface area contributed by atoms with E-state index >= 15 is 0 Å². The van der Waals surface area contributed by atoms with Gasteiger partial charge in [-0.25, -0.2) is 0 Å². The van der Waals surface area contributed by atoms with Crippen molar-refractivity contribution < 1.29 is 4.79 Å². The largest absolute Gasteiger partial charge is 0.397 e. The van der Waals surface area contributed by atoms with Crippen LogP contribution in [0.15, 0.2) is 18.2 Å². The minimum atomic E-state index is -0.0169. The number of amides is 1. The van der Waals surface area contributed by atoms with Gasteiger partial charge in [-0.15, -0.1) is 0 Å². The number of carbonyl (C=O) groups is 1. The van der Waals surface area contributed by atoms with Crippen LogP contribution in [0, 0.1) is 5.92 Å². The SMILES string of the molecule is CCC1CCC(Nc2ccc(C(=O)N(C)C)cc2N)CC1. The second-order valence-corrected chi connectivity index (χ2v) is 6.27. The number of rotatable bonds is 4. The number of anilines is 2. The Bertz CT molecular complexity index is 491. The van der Waals surface area contributed by atoms with E-state index < -0.39 is 0 Å². The van der Waals surface area contributed by atoms with Crippen molar-refractivity contribution in [3.8, 4) is 0 Å². The quantitative estimate of drug-likeness (QED) is 0.836. The number of nitrogens with zero attached hydrogens (tertiary/aromatic N) is 1. The zero-order valence-electron chi connectivity index (χ0n) is 13.4. The molecule has 1 aromatic carbocycles. The molecule has 4 nitrogen and oxygen atoms in total. The Kier molecular flexibility index (Phi) is 5.10. The summed E-state index contributed by atoms with van der Waals surface area (Å²) in [6, 6.07) is 6.05. The van der Waals surface area contributed by atoms with E-state index in [9.17, 15) is 4.79 Å². The molecule has 0 bridgehead atoms. The van der Waals surface area contributed by atoms with Crippen molar-refractivity contribution in [1.29, 1.82) is 0 Å². The number of nitrogens with one attached hydrogen (secondary N) is 1. The Morgan fingerprint density at radius 1 is 1.29 bits per heavy atom. The summed E-state index contributed by atoms with van der Waals surface area (Å²) in [6.45, 7) is 2.27. The second-order valence-electron chi connectivity index (χ2n) is 6.27. The Morgan fingerprint density at radius 3 is 2.48 bits per heavy atom. The van der Waals surface area contributed by atoms with Crippen molar-refractivity contribution in [3.05, 3.63) is 23.8 Å². The van der Waals surface area contributed by atoms with Crippen molar-refractivity contribution in [2.45, 2.75) is 45.1 Å². The minimum Gasteiger partial charge on any atom is -0.397 e. The lowest BCUT2D eigenvalue weighted by Crippen LogP contribution is -2.26. The smallest absolute Gasteiger partial charge is 0.253 e. The number of nitrogens with two attached hydrogens (primary N) is 1. The van der Waals surface area contributed by atoms with Crippen LogP contribution in [-0.4, -0.2) is 30.9 Å². The van der Waals surface area contributed by atoms with E-state index in [1.807, 2.05) is 12.1 Å². The first-order valence-corrected chi connectivity index (χ1v) is 7.89. The standard InChI is InChI=1S/C17H27N3O/c1-4-12-5-8-14(9-6-12)19-16-10-7-13(11-15(16)18)17(21)20(2)3/h7,10-12,14,19H,4-6,8-9,18H2,1-3H3. The van der Waals surface area contributed by atoms with Crippen LogP contribution < -0.4 is 11.1 Å². The molecule has 0 unspecified atom stereocenters. The number of carbonyl (C=O) groups excluding carboxylic acids is 1. The van der Waals surface area contributed by atoms with Crippen LogP contribution in [0.3, 0.4) is 0 Å². The molecule has 1 amide bonds. The summed E-state index contributed by atoms with van der Waals surface area (Å²) in [5, 5.41) is 3.54. The topological polar surface area (TPSA) is 58.4 Å². The highest BCUT2D eigenvalue weighted by molar-refractivity contribution is 5.95. The molecular weight excluding hydrogens is 262 g/mol. The van der Waals surface area contributed by atoms with Gasteiger partial charge in [0.25, 0.3) is 5.91 Å². The van der Waals surface area contributed by atoms with E-state index in [4.69, 9.17) is 5.73 Å². The first kappa shape index (κ1) is 15.7. The molecule has 0 aliphatic heterocycles. The molecular formula is C17H27N3O. The maximum Gasteiger partial charge on any atom is 0.253 e. The summed E-state index contributed by atoms with van der Waals surface area (Å²) in [7, 11) is 3.49. The Hall–Kier alpha value is -1.71. The lowest BCUT2D eigenvalue weighted by Gasteiger charge is -2.29. The molecule has 2 rings (SSSR count). The molecule has 4 heteroatoms. The van der Waals surface area contributed by atoms with Gasteiger partial charge >= 0.3 is 0 Å². The fourth-order valence-electron chi connectivity index (χ4n) is 3.02. The zero-order chi connectivity index (χ0) is 15.4. The Morgan fingerprint density at radius 2 is 1.95 bits per heavy atom. The van der Waals surface area contributed by atoms with Crippen LogP contribution >= 0.6 is 0 Å². The van der Waals surface area contributed by atoms with Crippen molar-refractivity contribution in [1.82, 2.24) is 4.90 Å². The third-order valence-corrected chi connectivity index (χ3v) is 4.49. The molecule has 1 aliphatic carbocycles. The maximum atomic E-state index is 11.9. The van der Waals surface area contributed by atoms with Gasteiger partial charge in [0.05, 0.1) is 11.4 Å². The van der Waals surface area contributed by atoms with Gasteiger partial charge < -0.3 is 16.0 Å². The summed E-state index contributed by atoms with van der Waals surface area (Å²) < 4.78 is 0. The first-order chi connectivity index (χ1) is 10.0. The van der Waals surface area contributed by atoms with Gasteiger partial charge in [0, 0.05) is 25.7 Å². The van der Waals surface area contributed by atoms with E-state index in [0.29, 0.717) is 17.3 Å². The van der Waals surface area contributed by atoms with Crippen LogP contribution in [0.25, 0.3) is 0 Å². The first-order valence-electron chi connectivity index (χ1n) is 7.89. The van der Waals surface area contributed by atoms with Gasteiger partial charge in [-0.05, 0) is 49.8 Å². The predicted octanol–water partition coefficient (Wildman–Crippen LogP) is 3.35. The van der Waals surface area contributed by atoms with E-state index in [1.54, 1.807) is 25.1 Å². The Balaban J connectivity index is 2.00. The Labute approximate surface area is 127 Å². The van der Waals surface area contributed by atoms with Crippen LogP contribution in [0.2, 0.25) is 0 Å². The second kappa shape index (κ2) is 6.83. The fraction of sp³-hybridized carbons (Fsp3) is 0.588. The molecule has 1 fully saturated rings. The highest BCUT2D eigenvalue weighted by atomic mass is 16.2. The predicted molar refractivity (Wildman–Crippen MR) is 88.5 cm³/mol. The van der Waals surface area contributed by atoms with Gasteiger partial charge in [-0.1, -0.05) is 13.3 Å². The van der Waals surface area contributed by atoms with Gasteiger partial charge in [0.2, 0.25) is 0 Å². The molecule has 0 atom stereocenters.